The Morgan fingerprint density at radius 2 is 2.00 bits per heavy atom. The number of furan rings is 1. The van der Waals surface area contributed by atoms with E-state index in [1.54, 1.807) is 34.6 Å². The highest BCUT2D eigenvalue weighted by Crippen LogP contribution is 2.42. The highest BCUT2D eigenvalue weighted by atomic mass is 35.5. The second kappa shape index (κ2) is 8.92. The van der Waals surface area contributed by atoms with Crippen molar-refractivity contribution in [2.75, 3.05) is 18.0 Å². The minimum absolute atomic E-state index is 0.000400. The van der Waals surface area contributed by atoms with Crippen LogP contribution in [-0.2, 0) is 29.0 Å². The maximum atomic E-state index is 13.1. The smallest absolute Gasteiger partial charge is 0.249 e. The van der Waals surface area contributed by atoms with Gasteiger partial charge in [0.05, 0.1) is 18.5 Å². The molecule has 2 amide bonds. The molecule has 0 bridgehead atoms. The molecule has 5 rings (SSSR count). The number of halogens is 1. The summed E-state index contributed by atoms with van der Waals surface area (Å²) < 4.78 is 5.28. The fourth-order valence-corrected chi connectivity index (χ4v) is 5.74. The predicted octanol–water partition coefficient (Wildman–Crippen LogP) is 4.37. The van der Waals surface area contributed by atoms with E-state index in [0.717, 1.165) is 47.5 Å². The van der Waals surface area contributed by atoms with Crippen LogP contribution in [0, 0.1) is 0 Å². The molecule has 0 spiro atoms. The number of fused-ring (bicyclic) bond motifs is 3. The molecule has 1 aliphatic carbocycles. The zero-order valence-electron chi connectivity index (χ0n) is 17.4. The molecule has 1 aliphatic heterocycles. The summed E-state index contributed by atoms with van der Waals surface area (Å²) >= 11 is 7.72. The molecule has 32 heavy (non-hydrogen) atoms. The molecule has 3 aromatic rings. The first-order valence-electron chi connectivity index (χ1n) is 10.6. The van der Waals surface area contributed by atoms with Gasteiger partial charge in [0, 0.05) is 21.0 Å². The standard InChI is InChI=1S/C24H22ClN3O3S/c25-16-9-7-15(8-10-16)23-22-18-5-1-2-6-19(18)32-24(22)28(21(30)13-27-23)14-20(29)26-12-17-4-3-11-31-17/h3-4,7-11H,1-2,5-6,12-14H2,(H,26,29). The number of thiophene rings is 1. The van der Waals surface area contributed by atoms with Gasteiger partial charge in [0.2, 0.25) is 11.8 Å². The van der Waals surface area contributed by atoms with Gasteiger partial charge in [-0.2, -0.15) is 0 Å². The number of nitrogens with zero attached hydrogens (tertiary/aromatic N) is 2. The van der Waals surface area contributed by atoms with Crippen LogP contribution in [0.5, 0.6) is 0 Å². The third-order valence-electron chi connectivity index (χ3n) is 5.77. The number of anilines is 1. The third kappa shape index (κ3) is 4.10. The van der Waals surface area contributed by atoms with Crippen LogP contribution in [0.4, 0.5) is 5.00 Å². The molecule has 0 saturated carbocycles. The van der Waals surface area contributed by atoms with Gasteiger partial charge in [0.25, 0.3) is 0 Å². The second-order valence-electron chi connectivity index (χ2n) is 7.90. The topological polar surface area (TPSA) is 74.9 Å². The predicted molar refractivity (Wildman–Crippen MR) is 126 cm³/mol. The van der Waals surface area contributed by atoms with Crippen LogP contribution < -0.4 is 10.2 Å². The van der Waals surface area contributed by atoms with E-state index in [2.05, 4.69) is 5.32 Å². The van der Waals surface area contributed by atoms with Crippen molar-refractivity contribution in [3.63, 3.8) is 0 Å². The number of rotatable bonds is 5. The fourth-order valence-electron chi connectivity index (χ4n) is 4.21. The quantitative estimate of drug-likeness (QED) is 0.605. The molecule has 2 aliphatic rings. The first kappa shape index (κ1) is 21.0. The van der Waals surface area contributed by atoms with E-state index < -0.39 is 0 Å². The highest BCUT2D eigenvalue weighted by molar-refractivity contribution is 7.17. The Morgan fingerprint density at radius 3 is 2.78 bits per heavy atom. The van der Waals surface area contributed by atoms with Gasteiger partial charge < -0.3 is 9.73 Å². The maximum Gasteiger partial charge on any atom is 0.249 e. The van der Waals surface area contributed by atoms with E-state index in [1.165, 1.54) is 10.4 Å². The zero-order chi connectivity index (χ0) is 22.1. The normalized spacial score (nSPS) is 15.6. The molecule has 3 heterocycles. The van der Waals surface area contributed by atoms with Crippen LogP contribution in [-0.4, -0.2) is 30.6 Å². The minimum Gasteiger partial charge on any atom is -0.467 e. The van der Waals surface area contributed by atoms with Gasteiger partial charge in [0.15, 0.2) is 0 Å². The van der Waals surface area contributed by atoms with Gasteiger partial charge in [-0.15, -0.1) is 11.3 Å². The lowest BCUT2D eigenvalue weighted by Crippen LogP contribution is -2.41. The summed E-state index contributed by atoms with van der Waals surface area (Å²) in [6.45, 7) is 0.239. The summed E-state index contributed by atoms with van der Waals surface area (Å²) in [6.07, 6.45) is 5.77. The van der Waals surface area contributed by atoms with E-state index in [4.69, 9.17) is 21.0 Å². The van der Waals surface area contributed by atoms with Crippen molar-refractivity contribution < 1.29 is 14.0 Å². The average molecular weight is 468 g/mol. The molecular weight excluding hydrogens is 446 g/mol. The molecule has 1 aromatic carbocycles. The largest absolute Gasteiger partial charge is 0.467 e. The fraction of sp³-hybridized carbons (Fsp3) is 0.292. The Hall–Kier alpha value is -2.90. The number of carbonyl (C=O) groups is 2. The number of amides is 2. The van der Waals surface area contributed by atoms with Crippen LogP contribution in [0.3, 0.4) is 0 Å². The molecule has 6 nitrogen and oxygen atoms in total. The first-order chi connectivity index (χ1) is 15.6. The Labute approximate surface area is 194 Å². The van der Waals surface area contributed by atoms with Crippen molar-refractivity contribution in [3.8, 4) is 0 Å². The number of nitrogens with one attached hydrogen (secondary N) is 1. The Kier molecular flexibility index (Phi) is 5.85. The van der Waals surface area contributed by atoms with Gasteiger partial charge in [-0.25, -0.2) is 0 Å². The summed E-state index contributed by atoms with van der Waals surface area (Å²) in [6, 6.07) is 11.1. The Morgan fingerprint density at radius 1 is 1.19 bits per heavy atom. The lowest BCUT2D eigenvalue weighted by atomic mass is 9.91. The molecule has 0 saturated heterocycles. The summed E-state index contributed by atoms with van der Waals surface area (Å²) in [7, 11) is 0. The summed E-state index contributed by atoms with van der Waals surface area (Å²) in [5, 5.41) is 4.32. The van der Waals surface area contributed by atoms with Gasteiger partial charge in [-0.3, -0.25) is 19.5 Å². The third-order valence-corrected chi connectivity index (χ3v) is 7.33. The number of carbonyl (C=O) groups excluding carboxylic acids is 2. The van der Waals surface area contributed by atoms with E-state index in [9.17, 15) is 9.59 Å². The number of aliphatic imine (C=N–C) groups is 1. The maximum absolute atomic E-state index is 13.1. The minimum atomic E-state index is -0.234. The van der Waals surface area contributed by atoms with E-state index in [1.807, 2.05) is 24.3 Å². The second-order valence-corrected chi connectivity index (χ2v) is 9.42. The molecule has 0 atom stereocenters. The van der Waals surface area contributed by atoms with Crippen molar-refractivity contribution >= 4 is 45.5 Å². The summed E-state index contributed by atoms with van der Waals surface area (Å²) in [5.74, 6) is 0.255. The molecule has 0 unspecified atom stereocenters. The van der Waals surface area contributed by atoms with E-state index in [0.29, 0.717) is 10.8 Å². The van der Waals surface area contributed by atoms with Gasteiger partial charge in [-0.1, -0.05) is 23.7 Å². The highest BCUT2D eigenvalue weighted by Gasteiger charge is 2.33. The lowest BCUT2D eigenvalue weighted by molar-refractivity contribution is -0.123. The molecule has 0 fully saturated rings. The molecule has 8 heteroatoms. The summed E-state index contributed by atoms with van der Waals surface area (Å²) in [5.41, 5.74) is 4.00. The number of aryl methyl sites for hydroxylation is 1. The van der Waals surface area contributed by atoms with Crippen LogP contribution in [0.1, 0.15) is 40.2 Å². The van der Waals surface area contributed by atoms with Crippen molar-refractivity contribution in [1.29, 1.82) is 0 Å². The molecule has 2 aromatic heterocycles. The lowest BCUT2D eigenvalue weighted by Gasteiger charge is -2.20. The van der Waals surface area contributed by atoms with Crippen molar-refractivity contribution in [2.45, 2.75) is 32.2 Å². The molecule has 0 radical (unpaired) electrons. The molecule has 1 N–H and O–H groups in total. The first-order valence-corrected chi connectivity index (χ1v) is 11.8. The van der Waals surface area contributed by atoms with Crippen molar-refractivity contribution in [3.05, 3.63) is 75.0 Å². The van der Waals surface area contributed by atoms with Crippen LogP contribution in [0.15, 0.2) is 52.1 Å². The van der Waals surface area contributed by atoms with Crippen LogP contribution in [0.25, 0.3) is 0 Å². The van der Waals surface area contributed by atoms with Gasteiger partial charge >= 0.3 is 0 Å². The Bertz CT molecular complexity index is 1180. The average Bonchev–Trinajstić information content (AvgIpc) is 3.43. The van der Waals surface area contributed by atoms with Gasteiger partial charge in [-0.05, 0) is 55.5 Å². The van der Waals surface area contributed by atoms with Crippen LogP contribution >= 0.6 is 22.9 Å². The molecular formula is C24H22ClN3O3S. The SMILES string of the molecule is O=C(CN1C(=O)CN=C(c2ccc(Cl)cc2)c2c1sc1c2CCCC1)NCc1ccco1. The number of benzene rings is 1. The van der Waals surface area contributed by atoms with Crippen molar-refractivity contribution in [1.82, 2.24) is 5.32 Å². The number of hydrogen-bond acceptors (Lipinski definition) is 5. The van der Waals surface area contributed by atoms with Crippen molar-refractivity contribution in [2.24, 2.45) is 4.99 Å². The monoisotopic (exact) mass is 467 g/mol. The Balaban J connectivity index is 1.49. The summed E-state index contributed by atoms with van der Waals surface area (Å²) in [4.78, 5) is 33.4. The zero-order valence-corrected chi connectivity index (χ0v) is 19.0. The van der Waals surface area contributed by atoms with Crippen LogP contribution in [0.2, 0.25) is 5.02 Å². The number of hydrogen-bond donors (Lipinski definition) is 1. The van der Waals surface area contributed by atoms with E-state index >= 15 is 0 Å². The molecule has 164 valence electrons. The van der Waals surface area contributed by atoms with E-state index in [-0.39, 0.29) is 31.4 Å². The van der Waals surface area contributed by atoms with Gasteiger partial charge in [0.1, 0.15) is 23.9 Å².